The van der Waals surface area contributed by atoms with Crippen molar-refractivity contribution in [2.45, 2.75) is 39.0 Å². The second-order valence-electron chi connectivity index (χ2n) is 6.64. The van der Waals surface area contributed by atoms with Gasteiger partial charge in [0.1, 0.15) is 0 Å². The summed E-state index contributed by atoms with van der Waals surface area (Å²) in [6.45, 7) is 1.99. The van der Waals surface area contributed by atoms with Gasteiger partial charge < -0.3 is 5.11 Å². The molecule has 1 aliphatic carbocycles. The van der Waals surface area contributed by atoms with Crippen LogP contribution in [0.2, 0.25) is 0 Å². The summed E-state index contributed by atoms with van der Waals surface area (Å²) in [5.74, 6) is -0.220. The third-order valence-electron chi connectivity index (χ3n) is 4.81. The molecule has 5 heteroatoms. The Kier molecular flexibility index (Phi) is 4.46. The zero-order valence-corrected chi connectivity index (χ0v) is 13.7. The molecule has 2 aromatic heterocycles. The number of carbonyl (C=O) groups is 1. The Labute approximate surface area is 136 Å². The summed E-state index contributed by atoms with van der Waals surface area (Å²) in [6, 6.07) is 4.26. The first-order valence-corrected chi connectivity index (χ1v) is 8.20. The molecule has 1 N–H and O–H groups in total. The normalized spacial score (nSPS) is 21.3. The topological polar surface area (TPSA) is 68.0 Å². The van der Waals surface area contributed by atoms with E-state index < -0.39 is 5.97 Å². The predicted molar refractivity (Wildman–Crippen MR) is 88.0 cm³/mol. The second kappa shape index (κ2) is 6.52. The fourth-order valence-corrected chi connectivity index (χ4v) is 3.57. The van der Waals surface area contributed by atoms with Crippen molar-refractivity contribution < 1.29 is 9.90 Å². The predicted octanol–water partition coefficient (Wildman–Crippen LogP) is 3.22. The summed E-state index contributed by atoms with van der Waals surface area (Å²) in [5, 5.41) is 13.5. The van der Waals surface area contributed by atoms with Crippen LogP contribution in [0.25, 0.3) is 11.3 Å². The Hall–Kier alpha value is -2.17. The van der Waals surface area contributed by atoms with E-state index in [1.54, 1.807) is 0 Å². The van der Waals surface area contributed by atoms with Gasteiger partial charge in [-0.2, -0.15) is 5.10 Å². The molecule has 0 atom stereocenters. The van der Waals surface area contributed by atoms with Crippen LogP contribution in [0, 0.1) is 18.8 Å². The van der Waals surface area contributed by atoms with Crippen molar-refractivity contribution in [1.82, 2.24) is 14.8 Å². The van der Waals surface area contributed by atoms with Crippen molar-refractivity contribution >= 4 is 5.97 Å². The fraction of sp³-hybridized carbons (Fsp3) is 0.500. The minimum Gasteiger partial charge on any atom is -0.481 e. The van der Waals surface area contributed by atoms with E-state index >= 15 is 0 Å². The zero-order valence-electron chi connectivity index (χ0n) is 13.7. The lowest BCUT2D eigenvalue weighted by Gasteiger charge is -2.26. The van der Waals surface area contributed by atoms with Crippen LogP contribution in [-0.2, 0) is 18.3 Å². The largest absolute Gasteiger partial charge is 0.481 e. The number of pyridine rings is 1. The van der Waals surface area contributed by atoms with E-state index in [1.807, 2.05) is 31.0 Å². The monoisotopic (exact) mass is 313 g/mol. The highest BCUT2D eigenvalue weighted by Gasteiger charge is 2.26. The van der Waals surface area contributed by atoms with Gasteiger partial charge >= 0.3 is 5.97 Å². The Bertz CT molecular complexity index is 700. The van der Waals surface area contributed by atoms with E-state index in [1.165, 1.54) is 5.56 Å². The smallest absolute Gasteiger partial charge is 0.306 e. The van der Waals surface area contributed by atoms with Crippen molar-refractivity contribution in [1.29, 1.82) is 0 Å². The van der Waals surface area contributed by atoms with Crippen molar-refractivity contribution in [3.63, 3.8) is 0 Å². The summed E-state index contributed by atoms with van der Waals surface area (Å²) in [6.07, 6.45) is 8.36. The van der Waals surface area contributed by atoms with Gasteiger partial charge in [-0.25, -0.2) is 0 Å². The number of aromatic nitrogens is 3. The van der Waals surface area contributed by atoms with Gasteiger partial charge in [0.25, 0.3) is 0 Å². The fourth-order valence-electron chi connectivity index (χ4n) is 3.57. The molecule has 2 heterocycles. The van der Waals surface area contributed by atoms with Gasteiger partial charge in [-0.15, -0.1) is 0 Å². The Morgan fingerprint density at radius 2 is 2.00 bits per heavy atom. The summed E-state index contributed by atoms with van der Waals surface area (Å²) < 4.78 is 1.88. The number of carboxylic acid groups (broad SMARTS) is 1. The van der Waals surface area contributed by atoms with Crippen molar-refractivity contribution in [2.75, 3.05) is 0 Å². The minimum atomic E-state index is -0.640. The van der Waals surface area contributed by atoms with Crippen LogP contribution in [0.4, 0.5) is 0 Å². The first-order valence-electron chi connectivity index (χ1n) is 8.20. The molecule has 0 aromatic carbocycles. The summed E-state index contributed by atoms with van der Waals surface area (Å²) in [7, 11) is 1.95. The number of rotatable bonds is 4. The second-order valence-corrected chi connectivity index (χ2v) is 6.64. The lowest BCUT2D eigenvalue weighted by Crippen LogP contribution is -2.22. The van der Waals surface area contributed by atoms with Gasteiger partial charge in [-0.05, 0) is 62.6 Å². The van der Waals surface area contributed by atoms with Gasteiger partial charge in [-0.3, -0.25) is 14.5 Å². The van der Waals surface area contributed by atoms with Crippen LogP contribution in [0.1, 0.15) is 36.9 Å². The molecule has 0 saturated heterocycles. The molecule has 1 saturated carbocycles. The number of carboxylic acids is 1. The molecule has 0 amide bonds. The third-order valence-corrected chi connectivity index (χ3v) is 4.81. The van der Waals surface area contributed by atoms with Gasteiger partial charge in [0.15, 0.2) is 0 Å². The van der Waals surface area contributed by atoms with Crippen LogP contribution in [0.15, 0.2) is 24.5 Å². The Morgan fingerprint density at radius 1 is 1.26 bits per heavy atom. The lowest BCUT2D eigenvalue weighted by molar-refractivity contribution is -0.143. The molecular formula is C18H23N3O2. The number of aliphatic carboxylic acids is 1. The maximum atomic E-state index is 11.0. The van der Waals surface area contributed by atoms with E-state index in [9.17, 15) is 4.79 Å². The zero-order chi connectivity index (χ0) is 16.4. The van der Waals surface area contributed by atoms with Gasteiger partial charge in [0.05, 0.1) is 17.3 Å². The maximum Gasteiger partial charge on any atom is 0.306 e. The van der Waals surface area contributed by atoms with Gasteiger partial charge in [-0.1, -0.05) is 0 Å². The third kappa shape index (κ3) is 3.60. The van der Waals surface area contributed by atoms with Crippen LogP contribution < -0.4 is 0 Å². The first kappa shape index (κ1) is 15.7. The van der Waals surface area contributed by atoms with Crippen molar-refractivity contribution in [3.05, 3.63) is 35.8 Å². The number of hydrogen-bond acceptors (Lipinski definition) is 3. The van der Waals surface area contributed by atoms with Crippen LogP contribution in [-0.4, -0.2) is 25.8 Å². The van der Waals surface area contributed by atoms with E-state index in [2.05, 4.69) is 22.2 Å². The summed E-state index contributed by atoms with van der Waals surface area (Å²) in [4.78, 5) is 15.4. The minimum absolute atomic E-state index is 0.145. The average molecular weight is 313 g/mol. The van der Waals surface area contributed by atoms with Crippen LogP contribution >= 0.6 is 0 Å². The standard InChI is InChI=1S/C18H23N3O2/c1-12-7-17(21(2)20-12)16-9-14(10-19-11-16)8-13-3-5-15(6-4-13)18(22)23/h7,9-11,13,15H,3-6,8H2,1-2H3,(H,22,23). The molecule has 1 aliphatic rings. The molecule has 1 fully saturated rings. The Balaban J connectivity index is 1.69. The summed E-state index contributed by atoms with van der Waals surface area (Å²) in [5.41, 5.74) is 4.39. The molecule has 0 unspecified atom stereocenters. The van der Waals surface area contributed by atoms with E-state index in [0.29, 0.717) is 5.92 Å². The molecule has 5 nitrogen and oxygen atoms in total. The highest BCUT2D eigenvalue weighted by molar-refractivity contribution is 5.70. The number of hydrogen-bond donors (Lipinski definition) is 1. The molecule has 122 valence electrons. The van der Waals surface area contributed by atoms with Gasteiger partial charge in [0.2, 0.25) is 0 Å². The molecule has 0 bridgehead atoms. The quantitative estimate of drug-likeness (QED) is 0.941. The van der Waals surface area contributed by atoms with Crippen LogP contribution in [0.5, 0.6) is 0 Å². The molecule has 23 heavy (non-hydrogen) atoms. The molecule has 0 spiro atoms. The highest BCUT2D eigenvalue weighted by Crippen LogP contribution is 2.31. The van der Waals surface area contributed by atoms with Gasteiger partial charge in [0, 0.05) is 25.0 Å². The van der Waals surface area contributed by atoms with E-state index in [0.717, 1.165) is 49.1 Å². The molecule has 0 radical (unpaired) electrons. The first-order chi connectivity index (χ1) is 11.0. The lowest BCUT2D eigenvalue weighted by atomic mass is 9.79. The molecular weight excluding hydrogens is 290 g/mol. The summed E-state index contributed by atoms with van der Waals surface area (Å²) >= 11 is 0. The van der Waals surface area contributed by atoms with Crippen molar-refractivity contribution in [2.24, 2.45) is 18.9 Å². The number of nitrogens with zero attached hydrogens (tertiary/aromatic N) is 3. The van der Waals surface area contributed by atoms with E-state index in [4.69, 9.17) is 5.11 Å². The maximum absolute atomic E-state index is 11.0. The van der Waals surface area contributed by atoms with Crippen LogP contribution in [0.3, 0.4) is 0 Å². The average Bonchev–Trinajstić information content (AvgIpc) is 2.87. The Morgan fingerprint density at radius 3 is 2.61 bits per heavy atom. The highest BCUT2D eigenvalue weighted by atomic mass is 16.4. The molecule has 3 rings (SSSR count). The SMILES string of the molecule is Cc1cc(-c2cncc(CC3CCC(C(=O)O)CC3)c2)n(C)n1. The number of aryl methyl sites for hydroxylation is 2. The van der Waals surface area contributed by atoms with E-state index in [-0.39, 0.29) is 5.92 Å². The molecule has 2 aromatic rings. The van der Waals surface area contributed by atoms with Crippen molar-refractivity contribution in [3.8, 4) is 11.3 Å². The molecule has 0 aliphatic heterocycles.